The molecule has 1 aliphatic heterocycles. The molecule has 2 heterocycles. The second-order valence-corrected chi connectivity index (χ2v) is 7.41. The van der Waals surface area contributed by atoms with Crippen molar-refractivity contribution >= 4 is 17.5 Å². The second kappa shape index (κ2) is 10.0. The Morgan fingerprint density at radius 3 is 3.04 bits per heavy atom. The van der Waals surface area contributed by atoms with Crippen molar-refractivity contribution in [2.45, 2.75) is 38.5 Å². The number of morpholine rings is 1. The first kappa shape index (κ1) is 20.8. The van der Waals surface area contributed by atoms with Crippen molar-refractivity contribution in [3.05, 3.63) is 53.1 Å². The van der Waals surface area contributed by atoms with Gasteiger partial charge in [-0.3, -0.25) is 14.4 Å². The molecule has 2 unspecified atom stereocenters. The minimum Gasteiger partial charge on any atom is -0.376 e. The third-order valence-electron chi connectivity index (χ3n) is 4.89. The van der Waals surface area contributed by atoms with Crippen LogP contribution in [-0.2, 0) is 16.1 Å². The van der Waals surface area contributed by atoms with Gasteiger partial charge in [-0.15, -0.1) is 0 Å². The van der Waals surface area contributed by atoms with E-state index in [0.717, 1.165) is 0 Å². The van der Waals surface area contributed by atoms with E-state index >= 15 is 0 Å². The number of carbonyl (C=O) groups excluding carboxylic acids is 1. The maximum Gasteiger partial charge on any atom is 0.220 e. The normalized spacial score (nSPS) is 18.8. The number of aryl methyl sites for hydroxylation is 1. The van der Waals surface area contributed by atoms with Crippen molar-refractivity contribution in [1.82, 2.24) is 20.0 Å². The molecule has 0 aliphatic carbocycles. The monoisotopic (exact) mass is 408 g/mol. The lowest BCUT2D eigenvalue weighted by Gasteiger charge is -2.38. The van der Waals surface area contributed by atoms with Gasteiger partial charge in [-0.25, -0.2) is 4.39 Å². The lowest BCUT2D eigenvalue weighted by Crippen LogP contribution is -2.47. The average molecular weight is 409 g/mol. The molecular weight excluding hydrogens is 383 g/mol. The van der Waals surface area contributed by atoms with Gasteiger partial charge in [-0.2, -0.15) is 5.10 Å². The number of hydrogen-bond acceptors (Lipinski definition) is 4. The zero-order valence-corrected chi connectivity index (χ0v) is 16.7. The zero-order valence-electron chi connectivity index (χ0n) is 16.0. The molecule has 0 bridgehead atoms. The highest BCUT2D eigenvalue weighted by Crippen LogP contribution is 2.31. The van der Waals surface area contributed by atoms with Gasteiger partial charge in [-0.1, -0.05) is 17.7 Å². The van der Waals surface area contributed by atoms with Crippen molar-refractivity contribution in [2.24, 2.45) is 0 Å². The topological polar surface area (TPSA) is 59.4 Å². The summed E-state index contributed by atoms with van der Waals surface area (Å²) in [6.45, 7) is 4.86. The van der Waals surface area contributed by atoms with E-state index in [-0.39, 0.29) is 23.9 Å². The molecule has 1 fully saturated rings. The third-order valence-corrected chi connectivity index (χ3v) is 5.22. The maximum atomic E-state index is 14.6. The Kier molecular flexibility index (Phi) is 7.42. The van der Waals surface area contributed by atoms with Crippen LogP contribution in [-0.4, -0.2) is 52.9 Å². The van der Waals surface area contributed by atoms with Crippen LogP contribution in [0, 0.1) is 5.82 Å². The Bertz CT molecular complexity index is 751. The van der Waals surface area contributed by atoms with E-state index in [1.54, 1.807) is 23.0 Å². The molecule has 0 spiro atoms. The maximum absolute atomic E-state index is 14.6. The van der Waals surface area contributed by atoms with Crippen LogP contribution in [0.3, 0.4) is 0 Å². The summed E-state index contributed by atoms with van der Waals surface area (Å²) in [4.78, 5) is 14.4. The van der Waals surface area contributed by atoms with Crippen molar-refractivity contribution in [2.75, 3.05) is 26.2 Å². The van der Waals surface area contributed by atoms with Crippen molar-refractivity contribution in [1.29, 1.82) is 0 Å². The lowest BCUT2D eigenvalue weighted by atomic mass is 10.0. The number of nitrogens with zero attached hydrogens (tertiary/aromatic N) is 3. The fourth-order valence-corrected chi connectivity index (χ4v) is 3.79. The first-order chi connectivity index (χ1) is 13.5. The molecule has 1 saturated heterocycles. The minimum absolute atomic E-state index is 0.0478. The first-order valence-electron chi connectivity index (χ1n) is 9.58. The van der Waals surface area contributed by atoms with Crippen LogP contribution >= 0.6 is 11.6 Å². The molecule has 1 aromatic heterocycles. The number of nitrogens with one attached hydrogen (secondary N) is 1. The molecule has 8 heteroatoms. The Morgan fingerprint density at radius 1 is 1.46 bits per heavy atom. The van der Waals surface area contributed by atoms with Crippen LogP contribution in [0.2, 0.25) is 5.02 Å². The molecule has 28 heavy (non-hydrogen) atoms. The quantitative estimate of drug-likeness (QED) is 0.729. The van der Waals surface area contributed by atoms with Gasteiger partial charge >= 0.3 is 0 Å². The molecule has 1 N–H and O–H groups in total. The standard InChI is InChI=1S/C20H26ClFN4O2/c1-15-14-25(11-12-28-15)18(20-16(21)5-2-6-17(20)22)13-23-19(27)7-3-9-26-10-4-8-24-26/h2,4-6,8,10,15,18H,3,7,9,11-14H2,1H3,(H,23,27). The molecule has 6 nitrogen and oxygen atoms in total. The van der Waals surface area contributed by atoms with Crippen molar-refractivity contribution in [3.8, 4) is 0 Å². The van der Waals surface area contributed by atoms with Gasteiger partial charge in [0.05, 0.1) is 18.8 Å². The van der Waals surface area contributed by atoms with Gasteiger partial charge < -0.3 is 10.1 Å². The second-order valence-electron chi connectivity index (χ2n) is 7.00. The number of hydrogen-bond donors (Lipinski definition) is 1. The summed E-state index contributed by atoms with van der Waals surface area (Å²) < 4.78 is 22.0. The van der Waals surface area contributed by atoms with Gasteiger partial charge in [0, 0.05) is 55.6 Å². The van der Waals surface area contributed by atoms with Crippen molar-refractivity contribution < 1.29 is 13.9 Å². The minimum atomic E-state index is -0.357. The number of rotatable bonds is 8. The predicted octanol–water partition coefficient (Wildman–Crippen LogP) is 3.03. The van der Waals surface area contributed by atoms with E-state index in [4.69, 9.17) is 16.3 Å². The summed E-state index contributed by atoms with van der Waals surface area (Å²) in [6, 6.07) is 6.20. The summed E-state index contributed by atoms with van der Waals surface area (Å²) >= 11 is 6.32. The number of benzene rings is 1. The zero-order chi connectivity index (χ0) is 19.9. The highest BCUT2D eigenvalue weighted by atomic mass is 35.5. The van der Waals surface area contributed by atoms with Crippen LogP contribution in [0.4, 0.5) is 4.39 Å². The highest BCUT2D eigenvalue weighted by Gasteiger charge is 2.29. The fraction of sp³-hybridized carbons (Fsp3) is 0.500. The Hall–Kier alpha value is -1.96. The molecule has 1 amide bonds. The molecule has 0 saturated carbocycles. The summed E-state index contributed by atoms with van der Waals surface area (Å²) in [5, 5.41) is 7.45. The number of carbonyl (C=O) groups is 1. The molecule has 2 atom stereocenters. The van der Waals surface area contributed by atoms with E-state index in [0.29, 0.717) is 56.2 Å². The third kappa shape index (κ3) is 5.53. The molecule has 152 valence electrons. The lowest BCUT2D eigenvalue weighted by molar-refractivity contribution is -0.121. The molecule has 3 rings (SSSR count). The van der Waals surface area contributed by atoms with Crippen LogP contribution in [0.5, 0.6) is 0 Å². The summed E-state index contributed by atoms with van der Waals surface area (Å²) in [7, 11) is 0. The summed E-state index contributed by atoms with van der Waals surface area (Å²) in [5.41, 5.74) is 0.426. The van der Waals surface area contributed by atoms with E-state index in [1.807, 2.05) is 19.2 Å². The van der Waals surface area contributed by atoms with Gasteiger partial charge in [-0.05, 0) is 31.5 Å². The van der Waals surface area contributed by atoms with Crippen LogP contribution in [0.25, 0.3) is 0 Å². The number of ether oxygens (including phenoxy) is 1. The van der Waals surface area contributed by atoms with Crippen molar-refractivity contribution in [3.63, 3.8) is 0 Å². The Morgan fingerprint density at radius 2 is 2.32 bits per heavy atom. The van der Waals surface area contributed by atoms with E-state index in [1.165, 1.54) is 6.07 Å². The molecule has 0 radical (unpaired) electrons. The van der Waals surface area contributed by atoms with Crippen LogP contribution < -0.4 is 5.32 Å². The van der Waals surface area contributed by atoms with E-state index in [2.05, 4.69) is 15.3 Å². The molecule has 1 aromatic carbocycles. The molecule has 2 aromatic rings. The van der Waals surface area contributed by atoms with Gasteiger partial charge in [0.1, 0.15) is 5.82 Å². The molecule has 1 aliphatic rings. The predicted molar refractivity (Wildman–Crippen MR) is 106 cm³/mol. The Balaban J connectivity index is 1.63. The van der Waals surface area contributed by atoms with E-state index < -0.39 is 0 Å². The molecular formula is C20H26ClFN4O2. The average Bonchev–Trinajstić information content (AvgIpc) is 3.17. The first-order valence-corrected chi connectivity index (χ1v) is 9.96. The SMILES string of the molecule is CC1CN(C(CNC(=O)CCCn2cccn2)c2c(F)cccc2Cl)CCO1. The smallest absolute Gasteiger partial charge is 0.220 e. The summed E-state index contributed by atoms with van der Waals surface area (Å²) in [6.07, 6.45) is 4.70. The highest BCUT2D eigenvalue weighted by molar-refractivity contribution is 6.31. The summed E-state index contributed by atoms with van der Waals surface area (Å²) in [5.74, 6) is -0.421. The number of aromatic nitrogens is 2. The largest absolute Gasteiger partial charge is 0.376 e. The fourth-order valence-electron chi connectivity index (χ4n) is 3.50. The van der Waals surface area contributed by atoms with Crippen LogP contribution in [0.15, 0.2) is 36.7 Å². The number of amides is 1. The van der Waals surface area contributed by atoms with Crippen LogP contribution in [0.1, 0.15) is 31.4 Å². The Labute approximate surface area is 169 Å². The number of halogens is 2. The van der Waals surface area contributed by atoms with E-state index in [9.17, 15) is 9.18 Å². The van der Waals surface area contributed by atoms with Gasteiger partial charge in [0.25, 0.3) is 0 Å². The van der Waals surface area contributed by atoms with Gasteiger partial charge in [0.2, 0.25) is 5.91 Å². The van der Waals surface area contributed by atoms with Gasteiger partial charge in [0.15, 0.2) is 0 Å².